The standard InChI is InChI=1S/C25H27BrN2O4/c1-31-21-13-12-17(14-19(21)26)15-23-25(30)28(20-10-6-7-11-22(20)32-23)16-24(29)27-18-8-4-2-3-5-9-18/h6-7,10-15,18H,2-5,8-9,16H2,1H3,(H,27,29)/b23-15-. The molecule has 7 heteroatoms. The van der Waals surface area contributed by atoms with Gasteiger partial charge < -0.3 is 14.8 Å². The van der Waals surface area contributed by atoms with Gasteiger partial charge in [0.15, 0.2) is 11.5 Å². The second-order valence-corrected chi connectivity index (χ2v) is 8.97. The minimum absolute atomic E-state index is 0.0423. The lowest BCUT2D eigenvalue weighted by Crippen LogP contribution is -2.46. The van der Waals surface area contributed by atoms with Crippen molar-refractivity contribution in [3.8, 4) is 11.5 Å². The van der Waals surface area contributed by atoms with E-state index in [1.54, 1.807) is 25.3 Å². The van der Waals surface area contributed by atoms with E-state index in [0.29, 0.717) is 17.2 Å². The van der Waals surface area contributed by atoms with Gasteiger partial charge in [-0.3, -0.25) is 14.5 Å². The van der Waals surface area contributed by atoms with Crippen LogP contribution in [0.15, 0.2) is 52.7 Å². The number of carbonyl (C=O) groups is 2. The van der Waals surface area contributed by atoms with Gasteiger partial charge in [0, 0.05) is 6.04 Å². The van der Waals surface area contributed by atoms with Gasteiger partial charge in [-0.15, -0.1) is 0 Å². The van der Waals surface area contributed by atoms with Gasteiger partial charge in [-0.2, -0.15) is 0 Å². The summed E-state index contributed by atoms with van der Waals surface area (Å²) < 4.78 is 12.0. The molecule has 1 N–H and O–H groups in total. The number of rotatable bonds is 5. The number of methoxy groups -OCH3 is 1. The lowest BCUT2D eigenvalue weighted by atomic mass is 10.1. The summed E-state index contributed by atoms with van der Waals surface area (Å²) in [5.41, 5.74) is 1.38. The molecule has 4 rings (SSSR count). The van der Waals surface area contributed by atoms with Crippen molar-refractivity contribution in [1.82, 2.24) is 5.32 Å². The smallest absolute Gasteiger partial charge is 0.294 e. The largest absolute Gasteiger partial charge is 0.496 e. The zero-order valence-corrected chi connectivity index (χ0v) is 19.7. The number of nitrogens with one attached hydrogen (secondary N) is 1. The zero-order chi connectivity index (χ0) is 22.5. The molecule has 2 aromatic rings. The summed E-state index contributed by atoms with van der Waals surface area (Å²) in [4.78, 5) is 27.6. The van der Waals surface area contributed by atoms with Crippen molar-refractivity contribution in [3.63, 3.8) is 0 Å². The molecule has 6 nitrogen and oxygen atoms in total. The highest BCUT2D eigenvalue weighted by Gasteiger charge is 2.32. The summed E-state index contributed by atoms with van der Waals surface area (Å²) in [5.74, 6) is 0.932. The number of nitrogens with zero attached hydrogens (tertiary/aromatic N) is 1. The van der Waals surface area contributed by atoms with E-state index in [4.69, 9.17) is 9.47 Å². The molecule has 0 spiro atoms. The Bertz CT molecular complexity index is 1030. The first-order valence-electron chi connectivity index (χ1n) is 11.0. The maximum absolute atomic E-state index is 13.3. The normalized spacial score (nSPS) is 18.0. The van der Waals surface area contributed by atoms with Gasteiger partial charge in [-0.1, -0.05) is 43.9 Å². The number of amides is 2. The fourth-order valence-electron chi connectivity index (χ4n) is 4.18. The molecule has 1 aliphatic carbocycles. The number of carbonyl (C=O) groups excluding carboxylic acids is 2. The van der Waals surface area contributed by atoms with Gasteiger partial charge in [0.05, 0.1) is 17.3 Å². The van der Waals surface area contributed by atoms with Crippen LogP contribution in [0.3, 0.4) is 0 Å². The van der Waals surface area contributed by atoms with Crippen LogP contribution in [-0.2, 0) is 9.59 Å². The molecule has 1 heterocycles. The number of hydrogen-bond donors (Lipinski definition) is 1. The summed E-state index contributed by atoms with van der Waals surface area (Å²) in [6.45, 7) is -0.0423. The number of fused-ring (bicyclic) bond motifs is 1. The third-order valence-electron chi connectivity index (χ3n) is 5.83. The van der Waals surface area contributed by atoms with Crippen LogP contribution in [0.5, 0.6) is 11.5 Å². The molecule has 1 aliphatic heterocycles. The van der Waals surface area contributed by atoms with Crippen molar-refractivity contribution < 1.29 is 19.1 Å². The minimum Gasteiger partial charge on any atom is -0.496 e. The third-order valence-corrected chi connectivity index (χ3v) is 6.45. The van der Waals surface area contributed by atoms with Gasteiger partial charge in [0.25, 0.3) is 5.91 Å². The van der Waals surface area contributed by atoms with Crippen molar-refractivity contribution in [3.05, 3.63) is 58.3 Å². The molecule has 1 fully saturated rings. The third kappa shape index (κ3) is 5.15. The molecule has 168 valence electrons. The Morgan fingerprint density at radius 2 is 1.94 bits per heavy atom. The highest BCUT2D eigenvalue weighted by molar-refractivity contribution is 9.10. The number of ether oxygens (including phenoxy) is 2. The maximum atomic E-state index is 13.3. The highest BCUT2D eigenvalue weighted by Crippen LogP contribution is 2.36. The van der Waals surface area contributed by atoms with Gasteiger partial charge in [-0.05, 0) is 64.7 Å². The molecular formula is C25H27BrN2O4. The Morgan fingerprint density at radius 1 is 1.19 bits per heavy atom. The molecule has 0 radical (unpaired) electrons. The molecule has 2 aliphatic rings. The topological polar surface area (TPSA) is 67.9 Å². The van der Waals surface area contributed by atoms with Crippen molar-refractivity contribution >= 4 is 39.5 Å². The van der Waals surface area contributed by atoms with Crippen LogP contribution < -0.4 is 19.7 Å². The van der Waals surface area contributed by atoms with E-state index in [0.717, 1.165) is 35.7 Å². The number of halogens is 1. The Labute approximate surface area is 196 Å². The molecule has 32 heavy (non-hydrogen) atoms. The van der Waals surface area contributed by atoms with Gasteiger partial charge >= 0.3 is 0 Å². The summed E-state index contributed by atoms with van der Waals surface area (Å²) in [6.07, 6.45) is 8.38. The summed E-state index contributed by atoms with van der Waals surface area (Å²) >= 11 is 3.47. The summed E-state index contributed by atoms with van der Waals surface area (Å²) in [5, 5.41) is 3.13. The maximum Gasteiger partial charge on any atom is 0.294 e. The van der Waals surface area contributed by atoms with Crippen LogP contribution in [0.4, 0.5) is 5.69 Å². The van der Waals surface area contributed by atoms with E-state index >= 15 is 0 Å². The van der Waals surface area contributed by atoms with E-state index in [1.807, 2.05) is 30.3 Å². The lowest BCUT2D eigenvalue weighted by Gasteiger charge is -2.30. The first-order valence-corrected chi connectivity index (χ1v) is 11.8. The van der Waals surface area contributed by atoms with E-state index in [2.05, 4.69) is 21.2 Å². The van der Waals surface area contributed by atoms with Crippen molar-refractivity contribution in [2.75, 3.05) is 18.6 Å². The van der Waals surface area contributed by atoms with E-state index in [1.165, 1.54) is 17.7 Å². The number of benzene rings is 2. The van der Waals surface area contributed by atoms with Gasteiger partial charge in [0.1, 0.15) is 12.3 Å². The number of para-hydroxylation sites is 2. The predicted octanol–water partition coefficient (Wildman–Crippen LogP) is 5.06. The van der Waals surface area contributed by atoms with Crippen LogP contribution in [0, 0.1) is 0 Å². The second-order valence-electron chi connectivity index (χ2n) is 8.12. The molecule has 0 atom stereocenters. The zero-order valence-electron chi connectivity index (χ0n) is 18.1. The fourth-order valence-corrected chi connectivity index (χ4v) is 4.74. The van der Waals surface area contributed by atoms with Crippen molar-refractivity contribution in [1.29, 1.82) is 0 Å². The molecule has 0 unspecified atom stereocenters. The molecular weight excluding hydrogens is 472 g/mol. The highest BCUT2D eigenvalue weighted by atomic mass is 79.9. The average molecular weight is 499 g/mol. The average Bonchev–Trinajstić information content (AvgIpc) is 3.05. The Balaban J connectivity index is 1.56. The van der Waals surface area contributed by atoms with Crippen LogP contribution in [0.25, 0.3) is 6.08 Å². The molecule has 2 aromatic carbocycles. The molecule has 0 bridgehead atoms. The number of anilines is 1. The monoisotopic (exact) mass is 498 g/mol. The second kappa shape index (κ2) is 10.2. The minimum atomic E-state index is -0.341. The summed E-state index contributed by atoms with van der Waals surface area (Å²) in [7, 11) is 1.60. The molecule has 0 saturated heterocycles. The van der Waals surface area contributed by atoms with Crippen molar-refractivity contribution in [2.45, 2.75) is 44.6 Å². The quantitative estimate of drug-likeness (QED) is 0.461. The summed E-state index contributed by atoms with van der Waals surface area (Å²) in [6, 6.07) is 13.0. The number of hydrogen-bond acceptors (Lipinski definition) is 4. The Kier molecular flexibility index (Phi) is 7.15. The first kappa shape index (κ1) is 22.4. The Morgan fingerprint density at radius 3 is 2.66 bits per heavy atom. The Hall–Kier alpha value is -2.80. The van der Waals surface area contributed by atoms with Crippen LogP contribution in [0.1, 0.15) is 44.1 Å². The first-order chi connectivity index (χ1) is 15.5. The van der Waals surface area contributed by atoms with Gasteiger partial charge in [-0.25, -0.2) is 0 Å². The molecule has 0 aromatic heterocycles. The van der Waals surface area contributed by atoms with Crippen LogP contribution >= 0.6 is 15.9 Å². The van der Waals surface area contributed by atoms with Crippen molar-refractivity contribution in [2.24, 2.45) is 0 Å². The molecule has 1 saturated carbocycles. The predicted molar refractivity (Wildman–Crippen MR) is 128 cm³/mol. The lowest BCUT2D eigenvalue weighted by molar-refractivity contribution is -0.124. The van der Waals surface area contributed by atoms with E-state index in [-0.39, 0.29) is 30.2 Å². The SMILES string of the molecule is COc1ccc(/C=C2\Oc3ccccc3N(CC(=O)NC3CCCCCC3)C2=O)cc1Br. The van der Waals surface area contributed by atoms with Crippen LogP contribution in [0.2, 0.25) is 0 Å². The fraction of sp³-hybridized carbons (Fsp3) is 0.360. The van der Waals surface area contributed by atoms with E-state index in [9.17, 15) is 9.59 Å². The van der Waals surface area contributed by atoms with Crippen LogP contribution in [-0.4, -0.2) is 31.5 Å². The van der Waals surface area contributed by atoms with E-state index < -0.39 is 0 Å². The molecule has 2 amide bonds. The van der Waals surface area contributed by atoms with Gasteiger partial charge in [0.2, 0.25) is 5.91 Å².